The van der Waals surface area contributed by atoms with Crippen molar-refractivity contribution in [3.05, 3.63) is 47.3 Å². The average molecular weight is 594 g/mol. The molecular formula is C30H37F4N4O4+. The molecule has 42 heavy (non-hydrogen) atoms. The Morgan fingerprint density at radius 2 is 1.95 bits per heavy atom. The van der Waals surface area contributed by atoms with E-state index in [1.165, 1.54) is 23.1 Å². The smallest absolute Gasteiger partial charge is 0.432 e. The first-order valence-corrected chi connectivity index (χ1v) is 14.7. The zero-order chi connectivity index (χ0) is 29.9. The van der Waals surface area contributed by atoms with Gasteiger partial charge in [-0.05, 0) is 74.5 Å². The van der Waals surface area contributed by atoms with Gasteiger partial charge >= 0.3 is 17.8 Å². The molecule has 4 unspecified atom stereocenters. The van der Waals surface area contributed by atoms with E-state index in [-0.39, 0.29) is 49.1 Å². The lowest BCUT2D eigenvalue weighted by Gasteiger charge is -2.47. The van der Waals surface area contributed by atoms with E-state index in [9.17, 15) is 23.1 Å². The van der Waals surface area contributed by atoms with Crippen LogP contribution < -0.4 is 10.4 Å². The number of hydrogen-bond acceptors (Lipinski definition) is 6. The quantitative estimate of drug-likeness (QED) is 0.286. The molecule has 1 aromatic rings. The number of hydrogen-bond donors (Lipinski definition) is 2. The fraction of sp³-hybridized carbons (Fsp3) is 0.633. The van der Waals surface area contributed by atoms with Crippen molar-refractivity contribution in [2.45, 2.75) is 75.6 Å². The summed E-state index contributed by atoms with van der Waals surface area (Å²) in [6.07, 6.45) is 0.461. The number of aliphatic hydroxyl groups excluding tert-OH is 1. The highest BCUT2D eigenvalue weighted by Crippen LogP contribution is 2.53. The molecule has 4 heterocycles. The molecule has 1 saturated carbocycles. The van der Waals surface area contributed by atoms with E-state index in [0.29, 0.717) is 44.1 Å². The molecule has 0 aromatic heterocycles. The first-order chi connectivity index (χ1) is 19.9. The van der Waals surface area contributed by atoms with Crippen molar-refractivity contribution in [3.63, 3.8) is 0 Å². The van der Waals surface area contributed by atoms with Crippen LogP contribution in [0, 0.1) is 17.2 Å². The lowest BCUT2D eigenvalue weighted by molar-refractivity contribution is -0.256. The van der Waals surface area contributed by atoms with Crippen LogP contribution in [0.15, 0.2) is 30.4 Å². The minimum atomic E-state index is -4.15. The molecule has 1 amide bonds. The topological polar surface area (TPSA) is 106 Å². The van der Waals surface area contributed by atoms with Crippen LogP contribution in [0.4, 0.5) is 17.6 Å². The molecule has 228 valence electrons. The predicted octanol–water partition coefficient (Wildman–Crippen LogP) is 2.76. The zero-order valence-corrected chi connectivity index (χ0v) is 23.6. The number of carbonyl (C=O) groups excluding carboxylic acids is 1. The van der Waals surface area contributed by atoms with Gasteiger partial charge in [-0.25, -0.2) is 4.39 Å². The molecule has 4 atom stereocenters. The van der Waals surface area contributed by atoms with Crippen LogP contribution in [-0.4, -0.2) is 95.4 Å². The maximum Gasteiger partial charge on any atom is 0.488 e. The first-order valence-electron chi connectivity index (χ1n) is 14.7. The maximum atomic E-state index is 15.2. The number of carbonyl (C=O) groups is 1. The van der Waals surface area contributed by atoms with Crippen molar-refractivity contribution >= 4 is 17.5 Å². The molecule has 0 bridgehead atoms. The fourth-order valence-electron chi connectivity index (χ4n) is 6.94. The number of alkyl halides is 3. The predicted molar refractivity (Wildman–Crippen MR) is 147 cm³/mol. The minimum absolute atomic E-state index is 0.0796. The molecule has 1 aromatic carbocycles. The van der Waals surface area contributed by atoms with Crippen molar-refractivity contribution in [1.29, 1.82) is 0 Å². The van der Waals surface area contributed by atoms with Crippen LogP contribution in [0.5, 0.6) is 0 Å². The second kappa shape index (κ2) is 10.7. The molecule has 8 nitrogen and oxygen atoms in total. The monoisotopic (exact) mass is 593 g/mol. The Morgan fingerprint density at radius 3 is 2.55 bits per heavy atom. The number of halogens is 4. The van der Waals surface area contributed by atoms with E-state index in [1.54, 1.807) is 12.2 Å². The molecule has 4 aliphatic heterocycles. The Kier molecular flexibility index (Phi) is 7.50. The Morgan fingerprint density at radius 1 is 1.24 bits per heavy atom. The summed E-state index contributed by atoms with van der Waals surface area (Å²) >= 11 is 0. The van der Waals surface area contributed by atoms with Gasteiger partial charge in [-0.2, -0.15) is 13.2 Å². The third-order valence-corrected chi connectivity index (χ3v) is 9.76. The third kappa shape index (κ3) is 5.39. The molecule has 4 fully saturated rings. The van der Waals surface area contributed by atoms with Gasteiger partial charge in [-0.3, -0.25) is 4.79 Å². The van der Waals surface area contributed by atoms with Gasteiger partial charge in [-0.1, -0.05) is 6.42 Å². The Labute approximate surface area is 241 Å². The third-order valence-electron chi connectivity index (χ3n) is 9.76. The van der Waals surface area contributed by atoms with Crippen molar-refractivity contribution < 1.29 is 36.9 Å². The second-order valence-electron chi connectivity index (χ2n) is 12.7. The number of benzene rings is 1. The number of nitrogens with zero attached hydrogens (tertiary/aromatic N) is 3. The number of amides is 1. The molecule has 12 heteroatoms. The largest absolute Gasteiger partial charge is 0.488 e. The highest BCUT2D eigenvalue weighted by atomic mass is 19.4. The lowest BCUT2D eigenvalue weighted by atomic mass is 9.67. The highest BCUT2D eigenvalue weighted by molar-refractivity contribution is 6.16. The number of epoxide rings is 1. The normalized spacial score (nSPS) is 31.1. The SMILES string of the molecule is CC1(C2OC2N)CC(O)CN1C(=O)c1ccc(C2=[N+]=C(OCC3CCN(CC4(C(F)(F)F)CCC4)CC3)C=C2)c(F)c1. The van der Waals surface area contributed by atoms with E-state index < -0.39 is 41.2 Å². The van der Waals surface area contributed by atoms with Crippen LogP contribution in [-0.2, 0) is 9.47 Å². The summed E-state index contributed by atoms with van der Waals surface area (Å²) < 4.78 is 71.5. The van der Waals surface area contributed by atoms with Gasteiger partial charge in [-0.15, -0.1) is 0 Å². The Balaban J connectivity index is 1.05. The minimum Gasteiger partial charge on any atom is -0.432 e. The summed E-state index contributed by atoms with van der Waals surface area (Å²) in [5.41, 5.74) is 4.27. The van der Waals surface area contributed by atoms with Crippen LogP contribution in [0.3, 0.4) is 0 Å². The number of aliphatic hydroxyl groups is 1. The van der Waals surface area contributed by atoms with Crippen LogP contribution in [0.2, 0.25) is 0 Å². The van der Waals surface area contributed by atoms with E-state index in [1.807, 2.05) is 11.8 Å². The lowest BCUT2D eigenvalue weighted by Crippen LogP contribution is -2.53. The van der Waals surface area contributed by atoms with Crippen LogP contribution in [0.1, 0.15) is 61.4 Å². The van der Waals surface area contributed by atoms with Crippen molar-refractivity contribution in [1.82, 2.24) is 14.5 Å². The molecule has 3 saturated heterocycles. The second-order valence-corrected chi connectivity index (χ2v) is 12.7. The number of β-amino-alcohol motifs (C(OH)–C–C–N with tert-alkyl or cyclic N) is 1. The summed E-state index contributed by atoms with van der Waals surface area (Å²) in [4.78, 5) is 16.7. The number of piperidine rings is 1. The first kappa shape index (κ1) is 29.3. The number of likely N-dealkylation sites (tertiary alicyclic amines) is 2. The van der Waals surface area contributed by atoms with Crippen molar-refractivity contribution in [3.8, 4) is 0 Å². The van der Waals surface area contributed by atoms with Gasteiger partial charge in [0.2, 0.25) is 0 Å². The Hall–Kier alpha value is -2.76. The molecule has 3 N–H and O–H groups in total. The summed E-state index contributed by atoms with van der Waals surface area (Å²) in [6, 6.07) is 4.21. The van der Waals surface area contributed by atoms with E-state index in [2.05, 4.69) is 4.67 Å². The maximum absolute atomic E-state index is 15.2. The van der Waals surface area contributed by atoms with Gasteiger partial charge in [0, 0.05) is 31.1 Å². The summed E-state index contributed by atoms with van der Waals surface area (Å²) in [6.45, 7) is 3.62. The zero-order valence-electron chi connectivity index (χ0n) is 23.6. The number of rotatable bonds is 7. The number of nitrogens with two attached hydrogens (primary N) is 1. The highest BCUT2D eigenvalue weighted by Gasteiger charge is 2.59. The molecule has 1 aliphatic carbocycles. The average Bonchev–Trinajstić information content (AvgIpc) is 3.34. The van der Waals surface area contributed by atoms with Gasteiger partial charge in [0.15, 0.2) is 0 Å². The van der Waals surface area contributed by atoms with Crippen molar-refractivity contribution in [2.24, 2.45) is 17.1 Å². The Bertz CT molecular complexity index is 1330. The summed E-state index contributed by atoms with van der Waals surface area (Å²) in [5, 5.41) is 10.2. The summed E-state index contributed by atoms with van der Waals surface area (Å²) in [7, 11) is 0. The van der Waals surface area contributed by atoms with Crippen LogP contribution in [0.25, 0.3) is 0 Å². The number of ether oxygens (including phenoxy) is 2. The van der Waals surface area contributed by atoms with E-state index in [4.69, 9.17) is 15.2 Å². The summed E-state index contributed by atoms with van der Waals surface area (Å²) in [5.74, 6) is -0.465. The fourth-order valence-corrected chi connectivity index (χ4v) is 6.94. The van der Waals surface area contributed by atoms with Crippen LogP contribution >= 0.6 is 0 Å². The molecule has 0 spiro atoms. The number of allylic oxidation sites excluding steroid dienone is 1. The van der Waals surface area contributed by atoms with Gasteiger partial charge in [0.25, 0.3) is 5.91 Å². The van der Waals surface area contributed by atoms with E-state index >= 15 is 4.39 Å². The van der Waals surface area contributed by atoms with Gasteiger partial charge in [0.05, 0.1) is 29.7 Å². The van der Waals surface area contributed by atoms with Gasteiger partial charge in [0.1, 0.15) is 23.7 Å². The van der Waals surface area contributed by atoms with E-state index in [0.717, 1.165) is 12.8 Å². The van der Waals surface area contributed by atoms with Crippen molar-refractivity contribution in [2.75, 3.05) is 32.8 Å². The molecule has 6 rings (SSSR count). The standard InChI is InChI=1S/C30H37F4N4O4/c1-28(25-26(35)42-25)14-20(39)15-38(28)27(40)19-3-4-21(22(31)13-19)23-5-6-24(36-23)41-16-18-7-11-37(12-8-18)17-29(9-2-10-29)30(32,33)34/h3-6,13,18,20,25-26,39H,2,7-12,14-17,35H2,1H3/q+1. The molecular weight excluding hydrogens is 556 g/mol. The molecule has 0 radical (unpaired) electrons. The molecule has 5 aliphatic rings. The van der Waals surface area contributed by atoms with Gasteiger partial charge < -0.3 is 30.1 Å².